The number of alkyl halides is 2. The lowest BCUT2D eigenvalue weighted by molar-refractivity contribution is 0.0636. The van der Waals surface area contributed by atoms with Gasteiger partial charge in [-0.25, -0.2) is 8.78 Å². The summed E-state index contributed by atoms with van der Waals surface area (Å²) in [5, 5.41) is 2.59. The molecule has 0 aliphatic heterocycles. The van der Waals surface area contributed by atoms with Gasteiger partial charge in [-0.05, 0) is 31.2 Å². The van der Waals surface area contributed by atoms with Gasteiger partial charge in [0, 0.05) is 29.0 Å². The fourth-order valence-corrected chi connectivity index (χ4v) is 1.57. The Hall–Kier alpha value is -1.89. The van der Waals surface area contributed by atoms with Crippen molar-refractivity contribution in [1.82, 2.24) is 5.32 Å². The summed E-state index contributed by atoms with van der Waals surface area (Å²) in [6, 6.07) is 6.23. The molecule has 0 bridgehead atoms. The molecule has 2 unspecified atom stereocenters. The van der Waals surface area contributed by atoms with Crippen molar-refractivity contribution in [3.8, 4) is 11.8 Å². The van der Waals surface area contributed by atoms with E-state index in [0.717, 1.165) is 5.56 Å². The van der Waals surface area contributed by atoms with E-state index < -0.39 is 18.4 Å². The van der Waals surface area contributed by atoms with E-state index in [1.807, 2.05) is 13.8 Å². The number of hydrogen-bond donors (Lipinski definition) is 1. The standard InChI is InChI=1S/C17H21F2NO/c1-11(2)5-6-14-7-9-15(10-8-14)17(21)20-13(4)12(3)16(18)19/h7-13,16H,1-4H3,(H,20,21). The van der Waals surface area contributed by atoms with E-state index in [9.17, 15) is 13.6 Å². The van der Waals surface area contributed by atoms with E-state index >= 15 is 0 Å². The molecule has 2 atom stereocenters. The molecule has 2 nitrogen and oxygen atoms in total. The van der Waals surface area contributed by atoms with Gasteiger partial charge in [-0.2, -0.15) is 0 Å². The lowest BCUT2D eigenvalue weighted by Gasteiger charge is -2.20. The van der Waals surface area contributed by atoms with Crippen LogP contribution in [0.1, 0.15) is 43.6 Å². The summed E-state index contributed by atoms with van der Waals surface area (Å²) in [7, 11) is 0. The molecular weight excluding hydrogens is 272 g/mol. The van der Waals surface area contributed by atoms with Gasteiger partial charge >= 0.3 is 0 Å². The molecule has 0 aliphatic carbocycles. The highest BCUT2D eigenvalue weighted by Gasteiger charge is 2.23. The van der Waals surface area contributed by atoms with E-state index in [1.165, 1.54) is 6.92 Å². The Bertz CT molecular complexity index is 526. The fraction of sp³-hybridized carbons (Fsp3) is 0.471. The average molecular weight is 293 g/mol. The molecule has 1 N–H and O–H groups in total. The Morgan fingerprint density at radius 3 is 2.14 bits per heavy atom. The highest BCUT2D eigenvalue weighted by Crippen LogP contribution is 2.14. The molecule has 1 aromatic rings. The van der Waals surface area contributed by atoms with Crippen LogP contribution in [-0.4, -0.2) is 18.4 Å². The molecule has 4 heteroatoms. The Labute approximate surface area is 124 Å². The number of amides is 1. The van der Waals surface area contributed by atoms with Crippen LogP contribution >= 0.6 is 0 Å². The molecule has 21 heavy (non-hydrogen) atoms. The molecule has 1 amide bonds. The first-order chi connectivity index (χ1) is 9.81. The van der Waals surface area contributed by atoms with Crippen LogP contribution in [0.4, 0.5) is 8.78 Å². The monoisotopic (exact) mass is 293 g/mol. The first-order valence-corrected chi connectivity index (χ1v) is 7.02. The van der Waals surface area contributed by atoms with Gasteiger partial charge in [-0.1, -0.05) is 32.6 Å². The average Bonchev–Trinajstić information content (AvgIpc) is 2.44. The van der Waals surface area contributed by atoms with Gasteiger partial charge in [0.15, 0.2) is 0 Å². The zero-order chi connectivity index (χ0) is 16.0. The second kappa shape index (κ2) is 7.78. The number of nitrogens with one attached hydrogen (secondary N) is 1. The topological polar surface area (TPSA) is 29.1 Å². The number of benzene rings is 1. The first kappa shape index (κ1) is 17.2. The maximum absolute atomic E-state index is 12.6. The van der Waals surface area contributed by atoms with E-state index in [0.29, 0.717) is 5.56 Å². The minimum absolute atomic E-state index is 0.282. The number of carbonyl (C=O) groups excluding carboxylic acids is 1. The molecule has 0 aromatic heterocycles. The van der Waals surface area contributed by atoms with Gasteiger partial charge in [0.05, 0.1) is 0 Å². The summed E-state index contributed by atoms with van der Waals surface area (Å²) < 4.78 is 25.1. The highest BCUT2D eigenvalue weighted by molar-refractivity contribution is 5.94. The molecular formula is C17H21F2NO. The third-order valence-electron chi connectivity index (χ3n) is 3.20. The van der Waals surface area contributed by atoms with Crippen molar-refractivity contribution in [2.75, 3.05) is 0 Å². The largest absolute Gasteiger partial charge is 0.349 e. The molecule has 0 heterocycles. The Balaban J connectivity index is 2.70. The highest BCUT2D eigenvalue weighted by atomic mass is 19.3. The second-order valence-corrected chi connectivity index (χ2v) is 5.46. The van der Waals surface area contributed by atoms with Gasteiger partial charge in [0.1, 0.15) is 0 Å². The van der Waals surface area contributed by atoms with Crippen molar-refractivity contribution in [3.05, 3.63) is 35.4 Å². The number of halogens is 2. The minimum atomic E-state index is -2.45. The van der Waals surface area contributed by atoms with E-state index in [-0.39, 0.29) is 11.8 Å². The summed E-state index contributed by atoms with van der Waals surface area (Å²) in [5.74, 6) is 5.09. The Morgan fingerprint density at radius 1 is 1.10 bits per heavy atom. The van der Waals surface area contributed by atoms with Crippen molar-refractivity contribution in [3.63, 3.8) is 0 Å². The smallest absolute Gasteiger partial charge is 0.251 e. The predicted octanol–water partition coefficient (Wildman–Crippen LogP) is 3.71. The lowest BCUT2D eigenvalue weighted by Crippen LogP contribution is -2.39. The minimum Gasteiger partial charge on any atom is -0.349 e. The first-order valence-electron chi connectivity index (χ1n) is 7.02. The van der Waals surface area contributed by atoms with E-state index in [1.54, 1.807) is 31.2 Å². The van der Waals surface area contributed by atoms with Crippen molar-refractivity contribution < 1.29 is 13.6 Å². The van der Waals surface area contributed by atoms with Gasteiger partial charge in [0.2, 0.25) is 6.43 Å². The predicted molar refractivity (Wildman–Crippen MR) is 80.3 cm³/mol. The van der Waals surface area contributed by atoms with Crippen molar-refractivity contribution in [2.45, 2.75) is 40.2 Å². The normalized spacial score (nSPS) is 13.5. The summed E-state index contributed by atoms with van der Waals surface area (Å²) in [6.07, 6.45) is -2.45. The molecule has 0 saturated heterocycles. The molecule has 0 radical (unpaired) electrons. The molecule has 1 rings (SSSR count). The number of rotatable bonds is 4. The molecule has 0 aliphatic rings. The van der Waals surface area contributed by atoms with E-state index in [4.69, 9.17) is 0 Å². The van der Waals surface area contributed by atoms with Crippen LogP contribution in [-0.2, 0) is 0 Å². The van der Waals surface area contributed by atoms with Gasteiger partial charge in [0.25, 0.3) is 5.91 Å². The third kappa shape index (κ3) is 5.55. The summed E-state index contributed by atoms with van der Waals surface area (Å²) in [6.45, 7) is 7.00. The number of carbonyl (C=O) groups is 1. The summed E-state index contributed by atoms with van der Waals surface area (Å²) in [4.78, 5) is 12.0. The van der Waals surface area contributed by atoms with Crippen LogP contribution in [0.25, 0.3) is 0 Å². The molecule has 0 spiro atoms. The van der Waals surface area contributed by atoms with Crippen LogP contribution in [0.15, 0.2) is 24.3 Å². The summed E-state index contributed by atoms with van der Waals surface area (Å²) in [5.41, 5.74) is 1.27. The molecule has 1 aromatic carbocycles. The molecule has 0 fully saturated rings. The van der Waals surface area contributed by atoms with Gasteiger partial charge in [-0.15, -0.1) is 0 Å². The Morgan fingerprint density at radius 2 is 1.67 bits per heavy atom. The van der Waals surface area contributed by atoms with Crippen LogP contribution in [0, 0.1) is 23.7 Å². The second-order valence-electron chi connectivity index (χ2n) is 5.46. The van der Waals surface area contributed by atoms with Crippen molar-refractivity contribution in [1.29, 1.82) is 0 Å². The fourth-order valence-electron chi connectivity index (χ4n) is 1.57. The lowest BCUT2D eigenvalue weighted by atomic mass is 10.0. The molecule has 0 saturated carbocycles. The zero-order valence-electron chi connectivity index (χ0n) is 12.8. The van der Waals surface area contributed by atoms with Gasteiger partial charge < -0.3 is 5.32 Å². The number of hydrogen-bond acceptors (Lipinski definition) is 1. The Kier molecular flexibility index (Phi) is 6.36. The van der Waals surface area contributed by atoms with E-state index in [2.05, 4.69) is 17.2 Å². The maximum Gasteiger partial charge on any atom is 0.251 e. The van der Waals surface area contributed by atoms with Crippen molar-refractivity contribution in [2.24, 2.45) is 11.8 Å². The van der Waals surface area contributed by atoms with Crippen LogP contribution < -0.4 is 5.32 Å². The summed E-state index contributed by atoms with van der Waals surface area (Å²) >= 11 is 0. The zero-order valence-corrected chi connectivity index (χ0v) is 12.8. The van der Waals surface area contributed by atoms with Gasteiger partial charge in [-0.3, -0.25) is 4.79 Å². The van der Waals surface area contributed by atoms with Crippen LogP contribution in [0.2, 0.25) is 0 Å². The molecule has 114 valence electrons. The maximum atomic E-state index is 12.6. The van der Waals surface area contributed by atoms with Crippen LogP contribution in [0.3, 0.4) is 0 Å². The SMILES string of the molecule is CC(C)C#Cc1ccc(C(=O)NC(C)C(C)C(F)F)cc1. The van der Waals surface area contributed by atoms with Crippen molar-refractivity contribution >= 4 is 5.91 Å². The quantitative estimate of drug-likeness (QED) is 0.842. The third-order valence-corrected chi connectivity index (χ3v) is 3.20. The van der Waals surface area contributed by atoms with Crippen LogP contribution in [0.5, 0.6) is 0 Å².